The van der Waals surface area contributed by atoms with Crippen LogP contribution in [-0.4, -0.2) is 17.9 Å². The third-order valence-electron chi connectivity index (χ3n) is 2.75. The summed E-state index contributed by atoms with van der Waals surface area (Å²) in [7, 11) is 1.39. The molecule has 0 saturated carbocycles. The Morgan fingerprint density at radius 2 is 1.90 bits per heavy atom. The molecular weight excluding hydrogens is 387 g/mol. The van der Waals surface area contributed by atoms with Crippen LogP contribution in [-0.2, 0) is 0 Å². The van der Waals surface area contributed by atoms with Gasteiger partial charge in [0, 0.05) is 15.2 Å². The van der Waals surface area contributed by atoms with Gasteiger partial charge in [-0.15, -0.1) is 0 Å². The monoisotopic (exact) mass is 398 g/mol. The molecule has 7 heteroatoms. The number of nitro benzene ring substituents is 1. The zero-order valence-electron chi connectivity index (χ0n) is 11.0. The van der Waals surface area contributed by atoms with Gasteiger partial charge in [0.25, 0.3) is 11.6 Å². The Balaban J connectivity index is 2.24. The smallest absolute Gasteiger partial charge is 0.273 e. The fourth-order valence-corrected chi connectivity index (χ4v) is 2.05. The summed E-state index contributed by atoms with van der Waals surface area (Å²) in [6, 6.07) is 11.1. The summed E-state index contributed by atoms with van der Waals surface area (Å²) in [6.45, 7) is 0. The van der Waals surface area contributed by atoms with Crippen LogP contribution in [0.5, 0.6) is 5.75 Å². The zero-order valence-corrected chi connectivity index (χ0v) is 13.2. The molecule has 0 fully saturated rings. The highest BCUT2D eigenvalue weighted by Crippen LogP contribution is 2.29. The summed E-state index contributed by atoms with van der Waals surface area (Å²) in [5.74, 6) is -0.0679. The normalized spacial score (nSPS) is 10.0. The third kappa shape index (κ3) is 3.69. The van der Waals surface area contributed by atoms with Crippen LogP contribution in [0.3, 0.4) is 0 Å². The fraction of sp³-hybridized carbons (Fsp3) is 0.0714. The lowest BCUT2D eigenvalue weighted by molar-refractivity contribution is -0.384. The molecule has 0 heterocycles. The second-order valence-corrected chi connectivity index (χ2v) is 5.35. The summed E-state index contributed by atoms with van der Waals surface area (Å²) in [4.78, 5) is 22.3. The van der Waals surface area contributed by atoms with E-state index in [1.807, 2.05) is 12.1 Å². The maximum atomic E-state index is 12.1. The molecule has 0 aromatic heterocycles. The van der Waals surface area contributed by atoms with Gasteiger partial charge in [0.15, 0.2) is 0 Å². The summed E-state index contributed by atoms with van der Waals surface area (Å²) in [6.07, 6.45) is 0. The van der Waals surface area contributed by atoms with Crippen molar-refractivity contribution < 1.29 is 14.5 Å². The molecule has 0 unspecified atom stereocenters. The van der Waals surface area contributed by atoms with Crippen molar-refractivity contribution in [2.75, 3.05) is 12.4 Å². The number of halogens is 1. The number of rotatable bonds is 4. The zero-order chi connectivity index (χ0) is 15.4. The minimum atomic E-state index is -0.521. The lowest BCUT2D eigenvalue weighted by atomic mass is 10.2. The van der Waals surface area contributed by atoms with Crippen molar-refractivity contribution in [3.05, 3.63) is 61.7 Å². The highest BCUT2D eigenvalue weighted by Gasteiger charge is 2.14. The van der Waals surface area contributed by atoms with Crippen molar-refractivity contribution in [1.82, 2.24) is 0 Å². The summed E-state index contributed by atoms with van der Waals surface area (Å²) in [5.41, 5.74) is 0.779. The molecule has 0 bridgehead atoms. The second-order valence-electron chi connectivity index (χ2n) is 4.10. The Morgan fingerprint density at radius 1 is 1.24 bits per heavy atom. The van der Waals surface area contributed by atoms with E-state index in [1.165, 1.54) is 25.3 Å². The summed E-state index contributed by atoms with van der Waals surface area (Å²) >= 11 is 2.15. The van der Waals surface area contributed by atoms with E-state index in [4.69, 9.17) is 4.74 Å². The van der Waals surface area contributed by atoms with Gasteiger partial charge in [-0.3, -0.25) is 14.9 Å². The summed E-state index contributed by atoms with van der Waals surface area (Å²) < 4.78 is 6.10. The molecule has 2 aromatic carbocycles. The first-order valence-electron chi connectivity index (χ1n) is 5.90. The Bertz CT molecular complexity index is 686. The lowest BCUT2D eigenvalue weighted by Gasteiger charge is -2.10. The minimum absolute atomic E-state index is 0.0980. The first-order valence-corrected chi connectivity index (χ1v) is 6.98. The molecule has 0 aliphatic heterocycles. The first kappa shape index (κ1) is 15.2. The van der Waals surface area contributed by atoms with Crippen LogP contribution in [0.15, 0.2) is 42.5 Å². The molecule has 108 valence electrons. The minimum Gasteiger partial charge on any atom is -0.494 e. The number of amides is 1. The molecule has 1 amide bonds. The molecule has 0 aliphatic carbocycles. The highest BCUT2D eigenvalue weighted by atomic mass is 127. The van der Waals surface area contributed by atoms with Crippen LogP contribution in [0, 0.1) is 13.7 Å². The number of carbonyl (C=O) groups excluding carboxylic acids is 1. The fourth-order valence-electron chi connectivity index (χ4n) is 1.69. The number of nitrogens with zero attached hydrogens (tertiary/aromatic N) is 1. The standard InChI is InChI=1S/C14H11IN2O4/c1-21-13-8-11(17(19)20)6-7-12(13)16-14(18)9-2-4-10(15)5-3-9/h2-8H,1H3,(H,16,18). The van der Waals surface area contributed by atoms with Gasteiger partial charge in [-0.2, -0.15) is 0 Å². The number of ether oxygens (including phenoxy) is 1. The van der Waals surface area contributed by atoms with Gasteiger partial charge in [0.2, 0.25) is 0 Å². The van der Waals surface area contributed by atoms with Crippen molar-refractivity contribution in [3.8, 4) is 5.75 Å². The number of nitrogens with one attached hydrogen (secondary N) is 1. The molecule has 1 N–H and O–H groups in total. The van der Waals surface area contributed by atoms with Crippen LogP contribution in [0.25, 0.3) is 0 Å². The van der Waals surface area contributed by atoms with E-state index in [0.29, 0.717) is 11.3 Å². The molecule has 0 saturated heterocycles. The van der Waals surface area contributed by atoms with E-state index in [0.717, 1.165) is 3.57 Å². The Morgan fingerprint density at radius 3 is 2.48 bits per heavy atom. The van der Waals surface area contributed by atoms with Crippen molar-refractivity contribution in [1.29, 1.82) is 0 Å². The quantitative estimate of drug-likeness (QED) is 0.486. The molecule has 0 aliphatic rings. The van der Waals surface area contributed by atoms with Crippen molar-refractivity contribution in [2.45, 2.75) is 0 Å². The molecular formula is C14H11IN2O4. The van der Waals surface area contributed by atoms with Gasteiger partial charge < -0.3 is 10.1 Å². The van der Waals surface area contributed by atoms with Crippen LogP contribution in [0.2, 0.25) is 0 Å². The van der Waals surface area contributed by atoms with Crippen LogP contribution >= 0.6 is 22.6 Å². The molecule has 0 atom stereocenters. The number of nitro groups is 1. The number of hydrogen-bond donors (Lipinski definition) is 1. The number of hydrogen-bond acceptors (Lipinski definition) is 4. The number of anilines is 1. The van der Waals surface area contributed by atoms with Crippen molar-refractivity contribution >= 4 is 39.9 Å². The molecule has 6 nitrogen and oxygen atoms in total. The maximum absolute atomic E-state index is 12.1. The van der Waals surface area contributed by atoms with E-state index in [-0.39, 0.29) is 17.3 Å². The van der Waals surface area contributed by atoms with Crippen LogP contribution in [0.1, 0.15) is 10.4 Å². The van der Waals surface area contributed by atoms with Gasteiger partial charge in [-0.1, -0.05) is 0 Å². The van der Waals surface area contributed by atoms with Gasteiger partial charge in [-0.25, -0.2) is 0 Å². The Hall–Kier alpha value is -2.16. The van der Waals surface area contributed by atoms with Crippen molar-refractivity contribution in [3.63, 3.8) is 0 Å². The van der Waals surface area contributed by atoms with Gasteiger partial charge >= 0.3 is 0 Å². The average molecular weight is 398 g/mol. The summed E-state index contributed by atoms with van der Waals surface area (Å²) in [5, 5.41) is 13.4. The predicted octanol–water partition coefficient (Wildman–Crippen LogP) is 3.46. The maximum Gasteiger partial charge on any atom is 0.273 e. The van der Waals surface area contributed by atoms with E-state index < -0.39 is 4.92 Å². The predicted molar refractivity (Wildman–Crippen MR) is 86.8 cm³/mol. The van der Waals surface area contributed by atoms with Gasteiger partial charge in [0.1, 0.15) is 5.75 Å². The van der Waals surface area contributed by atoms with Gasteiger partial charge in [-0.05, 0) is 52.9 Å². The largest absolute Gasteiger partial charge is 0.494 e. The van der Waals surface area contributed by atoms with E-state index >= 15 is 0 Å². The SMILES string of the molecule is COc1cc([N+](=O)[O-])ccc1NC(=O)c1ccc(I)cc1. The van der Waals surface area contributed by atoms with Crippen LogP contribution in [0.4, 0.5) is 11.4 Å². The molecule has 21 heavy (non-hydrogen) atoms. The van der Waals surface area contributed by atoms with E-state index in [2.05, 4.69) is 27.9 Å². The molecule has 0 spiro atoms. The van der Waals surface area contributed by atoms with Crippen LogP contribution < -0.4 is 10.1 Å². The average Bonchev–Trinajstić information content (AvgIpc) is 2.48. The number of non-ortho nitro benzene ring substituents is 1. The molecule has 2 aromatic rings. The molecule has 2 rings (SSSR count). The first-order chi connectivity index (χ1) is 10.0. The second kappa shape index (κ2) is 6.53. The Kier molecular flexibility index (Phi) is 4.73. The topological polar surface area (TPSA) is 81.5 Å². The third-order valence-corrected chi connectivity index (χ3v) is 3.47. The number of methoxy groups -OCH3 is 1. The lowest BCUT2D eigenvalue weighted by Crippen LogP contribution is -2.12. The van der Waals surface area contributed by atoms with Gasteiger partial charge in [0.05, 0.1) is 23.8 Å². The highest BCUT2D eigenvalue weighted by molar-refractivity contribution is 14.1. The van der Waals surface area contributed by atoms with E-state index in [1.54, 1.807) is 12.1 Å². The Labute approximate surface area is 134 Å². The van der Waals surface area contributed by atoms with Crippen molar-refractivity contribution in [2.24, 2.45) is 0 Å². The molecule has 0 radical (unpaired) electrons. The number of benzene rings is 2. The number of carbonyl (C=O) groups is 1. The van der Waals surface area contributed by atoms with E-state index in [9.17, 15) is 14.9 Å².